The highest BCUT2D eigenvalue weighted by atomic mass is 35.5. The van der Waals surface area contributed by atoms with E-state index in [0.29, 0.717) is 59.8 Å². The number of pyridine rings is 1. The van der Waals surface area contributed by atoms with Crippen molar-refractivity contribution in [3.05, 3.63) is 66.0 Å². The zero-order valence-electron chi connectivity index (χ0n) is 20.4. The van der Waals surface area contributed by atoms with Crippen LogP contribution in [0, 0.1) is 12.8 Å². The van der Waals surface area contributed by atoms with Gasteiger partial charge in [0.05, 0.1) is 35.8 Å². The van der Waals surface area contributed by atoms with Crippen LogP contribution < -0.4 is 4.74 Å². The average molecular weight is 521 g/mol. The van der Waals surface area contributed by atoms with Crippen molar-refractivity contribution in [3.63, 3.8) is 0 Å². The molecule has 0 spiro atoms. The summed E-state index contributed by atoms with van der Waals surface area (Å²) >= 11 is 6.22. The van der Waals surface area contributed by atoms with Crippen LogP contribution in [-0.2, 0) is 10.8 Å². The lowest BCUT2D eigenvalue weighted by Crippen LogP contribution is -2.43. The number of ether oxygens (including phenoxy) is 1. The molecule has 1 aliphatic rings. The zero-order valence-corrected chi connectivity index (χ0v) is 21.2. The normalized spacial score (nSPS) is 14.2. The number of hydrogen-bond donors (Lipinski definition) is 0. The summed E-state index contributed by atoms with van der Waals surface area (Å²) in [5, 5.41) is 4.75. The van der Waals surface area contributed by atoms with Crippen molar-refractivity contribution in [1.82, 2.24) is 29.2 Å². The quantitative estimate of drug-likeness (QED) is 0.208. The number of carbonyl (C=O) groups is 3. The number of Topliss-reactive ketones (excluding diaryl/α,β-unsaturated/α-hetero) is 2. The highest BCUT2D eigenvalue weighted by Gasteiger charge is 2.33. The molecule has 37 heavy (non-hydrogen) atoms. The SMILES string of the molecule is COc1cnc(-n2cnc(C)n2)c2c1c(C(=O)C(=O)N1CCC(C(=O)c3ccccc3)CC1)cn2CCl. The molecular weight excluding hydrogens is 496 g/mol. The van der Waals surface area contributed by atoms with Gasteiger partial charge in [-0.25, -0.2) is 14.6 Å². The fourth-order valence-electron chi connectivity index (χ4n) is 4.77. The molecule has 5 rings (SSSR count). The van der Waals surface area contributed by atoms with Crippen LogP contribution in [0.25, 0.3) is 16.7 Å². The van der Waals surface area contributed by atoms with E-state index >= 15 is 0 Å². The van der Waals surface area contributed by atoms with Gasteiger partial charge in [0.1, 0.15) is 17.9 Å². The number of aryl methyl sites for hydroxylation is 1. The Morgan fingerprint density at radius 1 is 1.11 bits per heavy atom. The molecule has 190 valence electrons. The topological polar surface area (TPSA) is 112 Å². The second-order valence-corrected chi connectivity index (χ2v) is 9.11. The van der Waals surface area contributed by atoms with Crippen LogP contribution >= 0.6 is 11.6 Å². The van der Waals surface area contributed by atoms with E-state index in [4.69, 9.17) is 16.3 Å². The van der Waals surface area contributed by atoms with E-state index in [2.05, 4.69) is 15.1 Å². The van der Waals surface area contributed by atoms with Crippen LogP contribution in [0.1, 0.15) is 39.4 Å². The molecule has 1 fully saturated rings. The lowest BCUT2D eigenvalue weighted by Gasteiger charge is -2.30. The number of hydrogen-bond acceptors (Lipinski definition) is 7. The minimum Gasteiger partial charge on any atom is -0.494 e. The van der Waals surface area contributed by atoms with E-state index < -0.39 is 11.7 Å². The number of fused-ring (bicyclic) bond motifs is 1. The van der Waals surface area contributed by atoms with Gasteiger partial charge in [0.15, 0.2) is 11.6 Å². The Kier molecular flexibility index (Phi) is 6.75. The first-order valence-corrected chi connectivity index (χ1v) is 12.4. The van der Waals surface area contributed by atoms with Crippen molar-refractivity contribution in [2.45, 2.75) is 25.8 Å². The van der Waals surface area contributed by atoms with Crippen LogP contribution in [0.2, 0.25) is 0 Å². The molecule has 0 saturated carbocycles. The van der Waals surface area contributed by atoms with E-state index in [1.165, 1.54) is 29.2 Å². The largest absolute Gasteiger partial charge is 0.494 e. The van der Waals surface area contributed by atoms with E-state index in [1.807, 2.05) is 18.2 Å². The number of nitrogens with zero attached hydrogens (tertiary/aromatic N) is 6. The van der Waals surface area contributed by atoms with Gasteiger partial charge >= 0.3 is 0 Å². The molecule has 0 bridgehead atoms. The van der Waals surface area contributed by atoms with Crippen molar-refractivity contribution in [2.24, 2.45) is 5.92 Å². The number of ketones is 2. The van der Waals surface area contributed by atoms with Crippen LogP contribution in [0.4, 0.5) is 0 Å². The molecule has 4 aromatic rings. The van der Waals surface area contributed by atoms with Crippen molar-refractivity contribution < 1.29 is 19.1 Å². The predicted molar refractivity (Wildman–Crippen MR) is 136 cm³/mol. The summed E-state index contributed by atoms with van der Waals surface area (Å²) in [5.74, 6) is -0.123. The van der Waals surface area contributed by atoms with Gasteiger partial charge in [-0.05, 0) is 19.8 Å². The summed E-state index contributed by atoms with van der Waals surface area (Å²) < 4.78 is 8.62. The van der Waals surface area contributed by atoms with Gasteiger partial charge in [0, 0.05) is 30.8 Å². The third-order valence-corrected chi connectivity index (χ3v) is 6.92. The van der Waals surface area contributed by atoms with Gasteiger partial charge in [0.2, 0.25) is 0 Å². The van der Waals surface area contributed by atoms with E-state index in [0.717, 1.165) is 0 Å². The first kappa shape index (κ1) is 24.6. The van der Waals surface area contributed by atoms with E-state index in [1.54, 1.807) is 29.8 Å². The third kappa shape index (κ3) is 4.48. The molecule has 0 N–H and O–H groups in total. The van der Waals surface area contributed by atoms with Crippen molar-refractivity contribution in [3.8, 4) is 11.6 Å². The third-order valence-electron chi connectivity index (χ3n) is 6.66. The van der Waals surface area contributed by atoms with Gasteiger partial charge in [-0.3, -0.25) is 14.4 Å². The highest BCUT2D eigenvalue weighted by molar-refractivity contribution is 6.45. The molecule has 1 aromatic carbocycles. The van der Waals surface area contributed by atoms with Gasteiger partial charge in [-0.2, -0.15) is 5.10 Å². The number of carbonyl (C=O) groups excluding carboxylic acids is 3. The van der Waals surface area contributed by atoms with Crippen LogP contribution in [0.3, 0.4) is 0 Å². The molecule has 0 unspecified atom stereocenters. The Morgan fingerprint density at radius 2 is 1.84 bits per heavy atom. The fraction of sp³-hybridized carbons (Fsp3) is 0.308. The number of amides is 1. The van der Waals surface area contributed by atoms with Gasteiger partial charge in [-0.15, -0.1) is 11.6 Å². The number of methoxy groups -OCH3 is 1. The second-order valence-electron chi connectivity index (χ2n) is 8.87. The van der Waals surface area contributed by atoms with Gasteiger partial charge in [0.25, 0.3) is 11.7 Å². The van der Waals surface area contributed by atoms with Crippen molar-refractivity contribution in [1.29, 1.82) is 0 Å². The molecule has 1 amide bonds. The van der Waals surface area contributed by atoms with E-state index in [-0.39, 0.29) is 23.3 Å². The first-order valence-electron chi connectivity index (χ1n) is 11.9. The number of benzene rings is 1. The molecule has 0 radical (unpaired) electrons. The first-order chi connectivity index (χ1) is 17.9. The van der Waals surface area contributed by atoms with E-state index in [9.17, 15) is 14.4 Å². The molecule has 4 heterocycles. The number of rotatable bonds is 7. The maximum absolute atomic E-state index is 13.5. The molecule has 11 heteroatoms. The molecule has 0 atom stereocenters. The molecule has 0 aliphatic carbocycles. The molecule has 1 saturated heterocycles. The summed E-state index contributed by atoms with van der Waals surface area (Å²) in [6.07, 6.45) is 5.54. The zero-order chi connectivity index (χ0) is 26.1. The summed E-state index contributed by atoms with van der Waals surface area (Å²) in [4.78, 5) is 49.8. The number of alkyl halides is 1. The number of piperidine rings is 1. The summed E-state index contributed by atoms with van der Waals surface area (Å²) in [7, 11) is 1.47. The Labute approximate surface area is 217 Å². The minimum absolute atomic E-state index is 0.0144. The fourth-order valence-corrected chi connectivity index (χ4v) is 4.96. The maximum atomic E-state index is 13.5. The van der Waals surface area contributed by atoms with Crippen LogP contribution in [0.5, 0.6) is 5.75 Å². The van der Waals surface area contributed by atoms with Gasteiger partial charge < -0.3 is 14.2 Å². The Balaban J connectivity index is 1.43. The predicted octanol–water partition coefficient (Wildman–Crippen LogP) is 3.43. The van der Waals surface area contributed by atoms with Gasteiger partial charge in [-0.1, -0.05) is 30.3 Å². The summed E-state index contributed by atoms with van der Waals surface area (Å²) in [6.45, 7) is 2.40. The highest BCUT2D eigenvalue weighted by Crippen LogP contribution is 2.34. The monoisotopic (exact) mass is 520 g/mol. The lowest BCUT2D eigenvalue weighted by molar-refractivity contribution is -0.127. The van der Waals surface area contributed by atoms with Crippen LogP contribution in [-0.4, -0.2) is 66.9 Å². The Bertz CT molecular complexity index is 1490. The summed E-state index contributed by atoms with van der Waals surface area (Å²) in [6, 6.07) is 9.15. The van der Waals surface area contributed by atoms with Crippen molar-refractivity contribution in [2.75, 3.05) is 20.2 Å². The maximum Gasteiger partial charge on any atom is 0.295 e. The number of likely N-dealkylation sites (tertiary alicyclic amines) is 1. The molecule has 3 aromatic heterocycles. The standard InChI is InChI=1S/C26H25ClN6O4/c1-16-29-15-33(30-16)25-22-21(20(37-2)12-28-25)19(13-32(22)14-27)24(35)26(36)31-10-8-18(9-11-31)23(34)17-6-4-3-5-7-17/h3-7,12-13,15,18H,8-11,14H2,1-2H3. The number of aromatic nitrogens is 5. The molecule has 10 nitrogen and oxygen atoms in total. The average Bonchev–Trinajstić information content (AvgIpc) is 3.56. The lowest BCUT2D eigenvalue weighted by atomic mass is 9.88. The Morgan fingerprint density at radius 3 is 2.46 bits per heavy atom. The second kappa shape index (κ2) is 10.1. The van der Waals surface area contributed by atoms with Crippen LogP contribution in [0.15, 0.2) is 49.1 Å². The molecular formula is C26H25ClN6O4. The van der Waals surface area contributed by atoms with Crippen molar-refractivity contribution >= 4 is 40.0 Å². The Hall–Kier alpha value is -4.05. The minimum atomic E-state index is -0.674. The number of halogens is 1. The summed E-state index contributed by atoms with van der Waals surface area (Å²) in [5.41, 5.74) is 1.33. The smallest absolute Gasteiger partial charge is 0.295 e. The molecule has 1 aliphatic heterocycles.